The molecule has 2 heteroatoms. The van der Waals surface area contributed by atoms with Crippen molar-refractivity contribution in [2.75, 3.05) is 0 Å². The van der Waals surface area contributed by atoms with Crippen molar-refractivity contribution in [3.63, 3.8) is 0 Å². The summed E-state index contributed by atoms with van der Waals surface area (Å²) in [6, 6.07) is 0. The van der Waals surface area contributed by atoms with Gasteiger partial charge in [-0.2, -0.15) is 0 Å². The molecule has 0 aromatic carbocycles. The van der Waals surface area contributed by atoms with Crippen molar-refractivity contribution in [2.24, 2.45) is 40.4 Å². The monoisotopic (exact) mass is 346 g/mol. The number of rotatable bonds is 2. The van der Waals surface area contributed by atoms with E-state index < -0.39 is 0 Å². The molecule has 4 aliphatic carbocycles. The highest BCUT2D eigenvalue weighted by Gasteiger charge is 2.58. The molecule has 0 N–H and O–H groups in total. The van der Waals surface area contributed by atoms with Crippen LogP contribution in [0.5, 0.6) is 0 Å². The molecule has 4 rings (SSSR count). The Hall–Kier alpha value is -0.530. The van der Waals surface area contributed by atoms with Gasteiger partial charge in [-0.05, 0) is 92.3 Å². The van der Waals surface area contributed by atoms with Gasteiger partial charge in [-0.1, -0.05) is 34.1 Å². The topological polar surface area (TPSA) is 26.3 Å². The van der Waals surface area contributed by atoms with Crippen LogP contribution in [0.2, 0.25) is 0 Å². The van der Waals surface area contributed by atoms with Crippen LogP contribution in [-0.4, -0.2) is 12.1 Å². The van der Waals surface area contributed by atoms with Crippen molar-refractivity contribution in [2.45, 2.75) is 98.0 Å². The largest absolute Gasteiger partial charge is 0.462 e. The van der Waals surface area contributed by atoms with Gasteiger partial charge in [0, 0.05) is 0 Å². The molecule has 0 aromatic rings. The van der Waals surface area contributed by atoms with Crippen molar-refractivity contribution in [3.05, 3.63) is 0 Å². The quantitative estimate of drug-likeness (QED) is 0.574. The Labute approximate surface area is 154 Å². The van der Waals surface area contributed by atoms with Gasteiger partial charge in [-0.15, -0.1) is 0 Å². The van der Waals surface area contributed by atoms with Gasteiger partial charge in [0.15, 0.2) is 0 Å². The summed E-state index contributed by atoms with van der Waals surface area (Å²) >= 11 is 0. The van der Waals surface area contributed by atoms with E-state index in [9.17, 15) is 4.79 Å². The summed E-state index contributed by atoms with van der Waals surface area (Å²) in [6.45, 7) is 9.09. The number of esters is 1. The molecule has 4 fully saturated rings. The number of fused-ring (bicyclic) bond motifs is 5. The van der Waals surface area contributed by atoms with Crippen LogP contribution in [0.25, 0.3) is 0 Å². The molecule has 0 aromatic heterocycles. The van der Waals surface area contributed by atoms with Gasteiger partial charge in [0.25, 0.3) is 0 Å². The average molecular weight is 347 g/mol. The van der Waals surface area contributed by atoms with E-state index >= 15 is 0 Å². The molecule has 7 unspecified atom stereocenters. The van der Waals surface area contributed by atoms with Crippen LogP contribution < -0.4 is 0 Å². The van der Waals surface area contributed by atoms with E-state index in [1.807, 2.05) is 13.8 Å². The Morgan fingerprint density at radius 1 is 0.960 bits per heavy atom. The fourth-order valence-corrected chi connectivity index (χ4v) is 7.62. The van der Waals surface area contributed by atoms with E-state index in [1.54, 1.807) is 0 Å². The molecule has 2 nitrogen and oxygen atoms in total. The fourth-order valence-electron chi connectivity index (χ4n) is 7.62. The first-order valence-electron chi connectivity index (χ1n) is 11.0. The van der Waals surface area contributed by atoms with E-state index in [1.165, 1.54) is 51.4 Å². The Balaban J connectivity index is 1.47. The first kappa shape index (κ1) is 17.9. The molecule has 0 spiro atoms. The minimum atomic E-state index is 0.00155. The van der Waals surface area contributed by atoms with Gasteiger partial charge in [0.2, 0.25) is 0 Å². The molecule has 0 amide bonds. The van der Waals surface area contributed by atoms with Gasteiger partial charge in [-0.25, -0.2) is 0 Å². The molecular formula is C23H38O2. The molecule has 0 heterocycles. The normalized spacial score (nSPS) is 49.2. The first-order valence-corrected chi connectivity index (χ1v) is 11.0. The number of ether oxygens (including phenoxy) is 1. The third-order valence-corrected chi connectivity index (χ3v) is 9.15. The summed E-state index contributed by atoms with van der Waals surface area (Å²) in [4.78, 5) is 12.0. The Morgan fingerprint density at radius 2 is 1.76 bits per heavy atom. The number of hydrogen-bond acceptors (Lipinski definition) is 2. The molecule has 0 radical (unpaired) electrons. The lowest BCUT2D eigenvalue weighted by Crippen LogP contribution is -2.53. The minimum absolute atomic E-state index is 0.00155. The van der Waals surface area contributed by atoms with Crippen LogP contribution in [0.3, 0.4) is 0 Å². The zero-order chi connectivity index (χ0) is 17.8. The molecule has 0 saturated heterocycles. The summed E-state index contributed by atoms with van der Waals surface area (Å²) in [7, 11) is 0. The standard InChI is InChI=1S/C23H38O2/c1-15(2)21(24)25-17-9-13-23(4)16(14-17)7-8-18-19-6-5-11-22(19,3)12-10-20(18)23/h15-20H,5-14H2,1-4H3. The van der Waals surface area contributed by atoms with Gasteiger partial charge in [0.1, 0.15) is 6.10 Å². The highest BCUT2D eigenvalue weighted by Crippen LogP contribution is 2.66. The predicted molar refractivity (Wildman–Crippen MR) is 101 cm³/mol. The number of carbonyl (C=O) groups excluding carboxylic acids is 1. The highest BCUT2D eigenvalue weighted by atomic mass is 16.5. The second kappa shape index (κ2) is 6.27. The summed E-state index contributed by atoms with van der Waals surface area (Å²) in [6.07, 6.45) is 13.9. The molecule has 7 atom stereocenters. The van der Waals surface area contributed by atoms with Crippen molar-refractivity contribution >= 4 is 5.97 Å². The van der Waals surface area contributed by atoms with Gasteiger partial charge in [0.05, 0.1) is 5.92 Å². The third kappa shape index (κ3) is 2.86. The highest BCUT2D eigenvalue weighted by molar-refractivity contribution is 5.71. The average Bonchev–Trinajstić information content (AvgIpc) is 2.96. The number of carbonyl (C=O) groups is 1. The van der Waals surface area contributed by atoms with E-state index in [4.69, 9.17) is 4.74 Å². The van der Waals surface area contributed by atoms with Crippen LogP contribution in [0.4, 0.5) is 0 Å². The molecule has 142 valence electrons. The Morgan fingerprint density at radius 3 is 2.52 bits per heavy atom. The lowest BCUT2D eigenvalue weighted by Gasteiger charge is -2.60. The third-order valence-electron chi connectivity index (χ3n) is 9.15. The van der Waals surface area contributed by atoms with E-state index in [0.717, 1.165) is 36.5 Å². The first-order chi connectivity index (χ1) is 11.8. The van der Waals surface area contributed by atoms with Gasteiger partial charge >= 0.3 is 5.97 Å². The van der Waals surface area contributed by atoms with Crippen molar-refractivity contribution < 1.29 is 9.53 Å². The molecule has 0 aliphatic heterocycles. The second-order valence-electron chi connectivity index (χ2n) is 10.7. The zero-order valence-corrected chi connectivity index (χ0v) is 16.9. The van der Waals surface area contributed by atoms with Crippen LogP contribution >= 0.6 is 0 Å². The molecule has 25 heavy (non-hydrogen) atoms. The van der Waals surface area contributed by atoms with Gasteiger partial charge in [-0.3, -0.25) is 4.79 Å². The maximum atomic E-state index is 12.0. The van der Waals surface area contributed by atoms with Crippen molar-refractivity contribution in [1.29, 1.82) is 0 Å². The maximum absolute atomic E-state index is 12.0. The summed E-state index contributed by atoms with van der Waals surface area (Å²) in [5, 5.41) is 0. The van der Waals surface area contributed by atoms with Crippen molar-refractivity contribution in [3.8, 4) is 0 Å². The smallest absolute Gasteiger partial charge is 0.308 e. The summed E-state index contributed by atoms with van der Waals surface area (Å²) < 4.78 is 5.83. The lowest BCUT2D eigenvalue weighted by atomic mass is 9.45. The van der Waals surface area contributed by atoms with Crippen LogP contribution in [-0.2, 0) is 9.53 Å². The summed E-state index contributed by atoms with van der Waals surface area (Å²) in [5.74, 6) is 3.70. The predicted octanol–water partition coefficient (Wildman–Crippen LogP) is 5.99. The summed E-state index contributed by atoms with van der Waals surface area (Å²) in [5.41, 5.74) is 1.17. The van der Waals surface area contributed by atoms with E-state index in [0.29, 0.717) is 10.8 Å². The van der Waals surface area contributed by atoms with Crippen LogP contribution in [0.1, 0.15) is 91.9 Å². The molecule has 4 saturated carbocycles. The van der Waals surface area contributed by atoms with E-state index in [-0.39, 0.29) is 18.0 Å². The van der Waals surface area contributed by atoms with Crippen LogP contribution in [0.15, 0.2) is 0 Å². The zero-order valence-electron chi connectivity index (χ0n) is 16.9. The Bertz CT molecular complexity index is 526. The second-order valence-corrected chi connectivity index (χ2v) is 10.7. The SMILES string of the molecule is CC(C)C(=O)OC1CCC2(C)C(CCC3C4CCCC4(C)CCC32)C1. The Kier molecular flexibility index (Phi) is 4.48. The fraction of sp³-hybridized carbons (Fsp3) is 0.957. The minimum Gasteiger partial charge on any atom is -0.462 e. The van der Waals surface area contributed by atoms with Crippen molar-refractivity contribution in [1.82, 2.24) is 0 Å². The maximum Gasteiger partial charge on any atom is 0.308 e. The van der Waals surface area contributed by atoms with Gasteiger partial charge < -0.3 is 4.74 Å². The van der Waals surface area contributed by atoms with Crippen LogP contribution in [0, 0.1) is 40.4 Å². The molecule has 4 aliphatic rings. The lowest BCUT2D eigenvalue weighted by molar-refractivity contribution is -0.164. The molecule has 0 bridgehead atoms. The van der Waals surface area contributed by atoms with E-state index in [2.05, 4.69) is 13.8 Å². The molecular weight excluding hydrogens is 308 g/mol. The number of hydrogen-bond donors (Lipinski definition) is 0.